The smallest absolute Gasteiger partial charge is 0.328 e. The number of benzene rings is 1. The summed E-state index contributed by atoms with van der Waals surface area (Å²) >= 11 is 0. The molecule has 120 valence electrons. The highest BCUT2D eigenvalue weighted by atomic mass is 16.3. The predicted molar refractivity (Wildman–Crippen MR) is 90.6 cm³/mol. The molecule has 0 aliphatic carbocycles. The standard InChI is InChI=1S/C17H15N5O2/c23-9-3-8-22-16-15(21-17(22)24)19-10-14(20-16)12-4-1-6-13-11(12)5-2-7-18-13/h1-2,4-7,10,23H,3,8-9H2,(H,19,21,24). The van der Waals surface area contributed by atoms with Gasteiger partial charge in [-0.2, -0.15) is 0 Å². The summed E-state index contributed by atoms with van der Waals surface area (Å²) in [5.74, 6) is 0. The van der Waals surface area contributed by atoms with Gasteiger partial charge < -0.3 is 5.11 Å². The molecule has 0 atom stereocenters. The van der Waals surface area contributed by atoms with Crippen molar-refractivity contribution in [1.82, 2.24) is 24.5 Å². The van der Waals surface area contributed by atoms with Gasteiger partial charge in [-0.25, -0.2) is 14.8 Å². The maximum atomic E-state index is 12.0. The Morgan fingerprint density at radius 3 is 2.96 bits per heavy atom. The average molecular weight is 321 g/mol. The Morgan fingerprint density at radius 2 is 2.08 bits per heavy atom. The second-order valence-electron chi connectivity index (χ2n) is 5.46. The lowest BCUT2D eigenvalue weighted by molar-refractivity contribution is 0.280. The topological polar surface area (TPSA) is 96.7 Å². The van der Waals surface area contributed by atoms with Crippen LogP contribution in [0.25, 0.3) is 33.5 Å². The molecule has 4 aromatic rings. The van der Waals surface area contributed by atoms with Crippen molar-refractivity contribution in [2.24, 2.45) is 0 Å². The predicted octanol–water partition coefficient (Wildman–Crippen LogP) is 1.72. The van der Waals surface area contributed by atoms with Crippen LogP contribution in [0.4, 0.5) is 0 Å². The molecule has 0 aliphatic rings. The Hall–Kier alpha value is -3.06. The molecule has 0 unspecified atom stereocenters. The van der Waals surface area contributed by atoms with Crippen molar-refractivity contribution in [1.29, 1.82) is 0 Å². The van der Waals surface area contributed by atoms with Gasteiger partial charge in [-0.15, -0.1) is 0 Å². The van der Waals surface area contributed by atoms with Crippen molar-refractivity contribution in [3.8, 4) is 11.3 Å². The molecule has 0 saturated heterocycles. The van der Waals surface area contributed by atoms with E-state index < -0.39 is 0 Å². The number of nitrogens with zero attached hydrogens (tertiary/aromatic N) is 4. The molecule has 0 aliphatic heterocycles. The van der Waals surface area contributed by atoms with E-state index in [4.69, 9.17) is 5.11 Å². The van der Waals surface area contributed by atoms with Gasteiger partial charge in [-0.1, -0.05) is 18.2 Å². The van der Waals surface area contributed by atoms with Crippen LogP contribution in [0.15, 0.2) is 47.5 Å². The molecule has 7 nitrogen and oxygen atoms in total. The fraction of sp³-hybridized carbons (Fsp3) is 0.176. The summed E-state index contributed by atoms with van der Waals surface area (Å²) in [5, 5.41) is 9.99. The molecule has 0 radical (unpaired) electrons. The summed E-state index contributed by atoms with van der Waals surface area (Å²) in [6.07, 6.45) is 3.88. The van der Waals surface area contributed by atoms with Gasteiger partial charge in [0.15, 0.2) is 11.3 Å². The number of pyridine rings is 1. The Labute approximate surface area is 136 Å². The van der Waals surface area contributed by atoms with E-state index in [0.717, 1.165) is 16.5 Å². The lowest BCUT2D eigenvalue weighted by Crippen LogP contribution is -2.17. The molecule has 0 fully saturated rings. The third-order valence-corrected chi connectivity index (χ3v) is 3.94. The van der Waals surface area contributed by atoms with Crippen molar-refractivity contribution in [2.45, 2.75) is 13.0 Å². The zero-order valence-electron chi connectivity index (χ0n) is 12.8. The van der Waals surface area contributed by atoms with Gasteiger partial charge in [0.2, 0.25) is 0 Å². The van der Waals surface area contributed by atoms with Gasteiger partial charge in [0.1, 0.15) is 0 Å². The number of H-pyrrole nitrogens is 1. The number of rotatable bonds is 4. The Bertz CT molecular complexity index is 1080. The number of aromatic nitrogens is 5. The van der Waals surface area contributed by atoms with E-state index in [1.165, 1.54) is 4.57 Å². The first-order valence-electron chi connectivity index (χ1n) is 7.68. The molecule has 0 saturated carbocycles. The number of hydrogen-bond acceptors (Lipinski definition) is 5. The molecule has 4 rings (SSSR count). The van der Waals surface area contributed by atoms with Gasteiger partial charge >= 0.3 is 5.69 Å². The Morgan fingerprint density at radius 1 is 1.17 bits per heavy atom. The maximum Gasteiger partial charge on any atom is 0.328 e. The van der Waals surface area contributed by atoms with Crippen molar-refractivity contribution in [3.05, 3.63) is 53.2 Å². The minimum atomic E-state index is -0.268. The Balaban J connectivity index is 1.92. The van der Waals surface area contributed by atoms with Crippen LogP contribution >= 0.6 is 0 Å². The summed E-state index contributed by atoms with van der Waals surface area (Å²) in [5.41, 5.74) is 3.14. The number of aryl methyl sites for hydroxylation is 1. The first-order chi connectivity index (χ1) is 11.8. The number of nitrogens with one attached hydrogen (secondary N) is 1. The van der Waals surface area contributed by atoms with Gasteiger partial charge in [0.25, 0.3) is 0 Å². The molecule has 0 amide bonds. The normalized spacial score (nSPS) is 11.4. The minimum Gasteiger partial charge on any atom is -0.396 e. The van der Waals surface area contributed by atoms with Crippen LogP contribution in [0.5, 0.6) is 0 Å². The van der Waals surface area contributed by atoms with Crippen LogP contribution < -0.4 is 5.69 Å². The zero-order chi connectivity index (χ0) is 16.5. The minimum absolute atomic E-state index is 0.0151. The fourth-order valence-corrected chi connectivity index (χ4v) is 2.81. The molecule has 0 bridgehead atoms. The van der Waals surface area contributed by atoms with E-state index in [9.17, 15) is 4.79 Å². The third kappa shape index (κ3) is 2.35. The lowest BCUT2D eigenvalue weighted by Gasteiger charge is -2.06. The van der Waals surface area contributed by atoms with E-state index >= 15 is 0 Å². The highest BCUT2D eigenvalue weighted by Crippen LogP contribution is 2.26. The van der Waals surface area contributed by atoms with E-state index in [1.54, 1.807) is 12.4 Å². The van der Waals surface area contributed by atoms with E-state index in [2.05, 4.69) is 19.9 Å². The fourth-order valence-electron chi connectivity index (χ4n) is 2.81. The summed E-state index contributed by atoms with van der Waals surface area (Å²) in [7, 11) is 0. The monoisotopic (exact) mass is 321 g/mol. The van der Waals surface area contributed by atoms with Crippen LogP contribution in [-0.4, -0.2) is 36.2 Å². The first kappa shape index (κ1) is 14.5. The lowest BCUT2D eigenvalue weighted by atomic mass is 10.1. The van der Waals surface area contributed by atoms with Crippen LogP contribution in [0.3, 0.4) is 0 Å². The number of aromatic amines is 1. The van der Waals surface area contributed by atoms with E-state index in [-0.39, 0.29) is 12.3 Å². The van der Waals surface area contributed by atoms with E-state index in [0.29, 0.717) is 30.0 Å². The van der Waals surface area contributed by atoms with Gasteiger partial charge in [-0.05, 0) is 18.6 Å². The molecule has 0 spiro atoms. The summed E-state index contributed by atoms with van der Waals surface area (Å²) < 4.78 is 1.51. The van der Waals surface area contributed by atoms with Crippen molar-refractivity contribution >= 4 is 22.2 Å². The molecular formula is C17H15N5O2. The zero-order valence-corrected chi connectivity index (χ0v) is 12.8. The highest BCUT2D eigenvalue weighted by Gasteiger charge is 2.12. The number of aliphatic hydroxyl groups excluding tert-OH is 1. The molecule has 2 N–H and O–H groups in total. The highest BCUT2D eigenvalue weighted by molar-refractivity contribution is 5.93. The van der Waals surface area contributed by atoms with Gasteiger partial charge in [0, 0.05) is 30.3 Å². The number of fused-ring (bicyclic) bond motifs is 2. The van der Waals surface area contributed by atoms with Crippen LogP contribution in [-0.2, 0) is 6.54 Å². The molecule has 7 heteroatoms. The Kier molecular flexibility index (Phi) is 3.55. The van der Waals surface area contributed by atoms with Crippen LogP contribution in [0.1, 0.15) is 6.42 Å². The second kappa shape index (κ2) is 5.86. The quantitative estimate of drug-likeness (QED) is 0.596. The molecular weight excluding hydrogens is 306 g/mol. The maximum absolute atomic E-state index is 12.0. The summed E-state index contributed by atoms with van der Waals surface area (Å²) in [6.45, 7) is 0.409. The molecule has 3 aromatic heterocycles. The van der Waals surface area contributed by atoms with E-state index in [1.807, 2.05) is 30.3 Å². The van der Waals surface area contributed by atoms with Gasteiger partial charge in [-0.3, -0.25) is 14.5 Å². The first-order valence-corrected chi connectivity index (χ1v) is 7.68. The average Bonchev–Trinajstić information content (AvgIpc) is 2.94. The number of hydrogen-bond donors (Lipinski definition) is 2. The molecule has 24 heavy (non-hydrogen) atoms. The SMILES string of the molecule is O=c1[nH]c2ncc(-c3cccc4ncccc34)nc2n1CCCO. The number of aliphatic hydroxyl groups is 1. The molecule has 3 heterocycles. The van der Waals surface area contributed by atoms with Crippen LogP contribution in [0.2, 0.25) is 0 Å². The third-order valence-electron chi connectivity index (χ3n) is 3.94. The molecule has 1 aromatic carbocycles. The summed E-state index contributed by atoms with van der Waals surface area (Å²) in [4.78, 5) is 28.0. The van der Waals surface area contributed by atoms with Crippen molar-refractivity contribution < 1.29 is 5.11 Å². The largest absolute Gasteiger partial charge is 0.396 e. The number of imidazole rings is 1. The summed E-state index contributed by atoms with van der Waals surface area (Å²) in [6, 6.07) is 9.69. The second-order valence-corrected chi connectivity index (χ2v) is 5.46. The van der Waals surface area contributed by atoms with Crippen molar-refractivity contribution in [3.63, 3.8) is 0 Å². The van der Waals surface area contributed by atoms with Crippen molar-refractivity contribution in [2.75, 3.05) is 6.61 Å². The van der Waals surface area contributed by atoms with Crippen LogP contribution in [0, 0.1) is 0 Å². The van der Waals surface area contributed by atoms with Gasteiger partial charge in [0.05, 0.1) is 17.4 Å².